The molecule has 0 fully saturated rings. The first-order valence-electron chi connectivity index (χ1n) is 8.88. The lowest BCUT2D eigenvalue weighted by molar-refractivity contribution is 0.177. The van der Waals surface area contributed by atoms with Gasteiger partial charge in [0.05, 0.1) is 13.1 Å². The number of methoxy groups -OCH3 is 1. The predicted octanol–water partition coefficient (Wildman–Crippen LogP) is 2.88. The van der Waals surface area contributed by atoms with E-state index in [4.69, 9.17) is 9.73 Å². The average Bonchev–Trinajstić information content (AvgIpc) is 3.03. The zero-order valence-electron chi connectivity index (χ0n) is 15.6. The molecule has 3 rings (SSSR count). The van der Waals surface area contributed by atoms with E-state index in [2.05, 4.69) is 55.7 Å². The van der Waals surface area contributed by atoms with Crippen molar-refractivity contribution in [2.75, 3.05) is 13.7 Å². The highest BCUT2D eigenvalue weighted by Gasteiger charge is 2.22. The summed E-state index contributed by atoms with van der Waals surface area (Å²) >= 11 is 3.46. The van der Waals surface area contributed by atoms with Gasteiger partial charge in [0.1, 0.15) is 12.4 Å². The average molecular weight is 549 g/mol. The van der Waals surface area contributed by atoms with Crippen molar-refractivity contribution in [1.29, 1.82) is 0 Å². The Hall–Kier alpha value is -1.20. The van der Waals surface area contributed by atoms with Gasteiger partial charge in [0.15, 0.2) is 11.8 Å². The highest BCUT2D eigenvalue weighted by molar-refractivity contribution is 14.0. The van der Waals surface area contributed by atoms with Gasteiger partial charge in [-0.2, -0.15) is 5.10 Å². The fourth-order valence-electron chi connectivity index (χ4n) is 2.94. The first-order chi connectivity index (χ1) is 12.7. The molecule has 1 aliphatic rings. The van der Waals surface area contributed by atoms with E-state index < -0.39 is 0 Å². The van der Waals surface area contributed by atoms with Crippen LogP contribution >= 0.6 is 39.9 Å². The number of hydrogen-bond donors (Lipinski definition) is 2. The number of hydrogen-bond acceptors (Lipinski definition) is 4. The molecule has 0 amide bonds. The Morgan fingerprint density at radius 2 is 2.15 bits per heavy atom. The smallest absolute Gasteiger partial charge is 0.191 e. The molecular formula is C18H26BrIN6O. The molecule has 1 aromatic carbocycles. The quantitative estimate of drug-likeness (QED) is 0.330. The lowest BCUT2D eigenvalue weighted by Crippen LogP contribution is -2.47. The van der Waals surface area contributed by atoms with Crippen molar-refractivity contribution in [3.8, 4) is 0 Å². The van der Waals surface area contributed by atoms with Crippen molar-refractivity contribution in [2.24, 2.45) is 4.99 Å². The van der Waals surface area contributed by atoms with E-state index in [1.807, 2.05) is 16.8 Å². The summed E-state index contributed by atoms with van der Waals surface area (Å²) in [5, 5.41) is 11.4. The number of guanidine groups is 1. The van der Waals surface area contributed by atoms with Crippen molar-refractivity contribution in [1.82, 2.24) is 25.4 Å². The van der Waals surface area contributed by atoms with Crippen LogP contribution in [-0.4, -0.2) is 40.4 Å². The predicted molar refractivity (Wildman–Crippen MR) is 120 cm³/mol. The highest BCUT2D eigenvalue weighted by atomic mass is 127. The molecule has 9 heteroatoms. The number of aryl methyl sites for hydroxylation is 1. The van der Waals surface area contributed by atoms with Gasteiger partial charge >= 0.3 is 0 Å². The molecule has 2 heterocycles. The van der Waals surface area contributed by atoms with Gasteiger partial charge in [0.2, 0.25) is 0 Å². The number of nitrogens with zero attached hydrogens (tertiary/aromatic N) is 4. The molecule has 7 nitrogen and oxygen atoms in total. The Balaban J connectivity index is 0.00000261. The molecule has 0 saturated heterocycles. The summed E-state index contributed by atoms with van der Waals surface area (Å²) in [6, 6.07) is 8.52. The van der Waals surface area contributed by atoms with E-state index in [1.165, 1.54) is 5.56 Å². The maximum absolute atomic E-state index is 5.12. The molecule has 2 aromatic rings. The van der Waals surface area contributed by atoms with Crippen molar-refractivity contribution >= 4 is 45.9 Å². The Kier molecular flexibility index (Phi) is 8.97. The van der Waals surface area contributed by atoms with Crippen LogP contribution < -0.4 is 10.6 Å². The van der Waals surface area contributed by atoms with Crippen LogP contribution in [0, 0.1) is 0 Å². The van der Waals surface area contributed by atoms with Crippen LogP contribution in [0.5, 0.6) is 0 Å². The SMILES string of the molecule is CCNC(=NCc1ccc(Br)cc1)NC1CCc2nc(COC)nn2C1.I. The second kappa shape index (κ2) is 11.0. The molecule has 0 aliphatic carbocycles. The second-order valence-corrected chi connectivity index (χ2v) is 7.18. The standard InChI is InChI=1S/C18H25BrN6O.HI/c1-3-20-18(21-10-13-4-6-14(19)7-5-13)22-15-8-9-17-23-16(12-26-2)24-25(17)11-15;/h4-7,15H,3,8-12H2,1-2H3,(H2,20,21,22);1H. The van der Waals surface area contributed by atoms with Crippen LogP contribution in [0.3, 0.4) is 0 Å². The summed E-state index contributed by atoms with van der Waals surface area (Å²) in [5.41, 5.74) is 1.18. The Bertz CT molecular complexity index is 749. The van der Waals surface area contributed by atoms with Gasteiger partial charge in [-0.15, -0.1) is 24.0 Å². The topological polar surface area (TPSA) is 76.4 Å². The third-order valence-corrected chi connectivity index (χ3v) is 4.72. The number of nitrogens with one attached hydrogen (secondary N) is 2. The number of rotatable bonds is 6. The summed E-state index contributed by atoms with van der Waals surface area (Å²) in [7, 11) is 1.66. The zero-order valence-corrected chi connectivity index (χ0v) is 19.5. The summed E-state index contributed by atoms with van der Waals surface area (Å²) in [6.45, 7) is 4.78. The van der Waals surface area contributed by atoms with E-state index in [0.717, 1.165) is 48.0 Å². The zero-order chi connectivity index (χ0) is 18.4. The van der Waals surface area contributed by atoms with E-state index in [9.17, 15) is 0 Å². The molecule has 0 radical (unpaired) electrons. The summed E-state index contributed by atoms with van der Waals surface area (Å²) < 4.78 is 8.18. The normalized spacial score (nSPS) is 16.4. The molecule has 0 saturated carbocycles. The molecular weight excluding hydrogens is 523 g/mol. The highest BCUT2D eigenvalue weighted by Crippen LogP contribution is 2.14. The van der Waals surface area contributed by atoms with Gasteiger partial charge in [-0.05, 0) is 31.0 Å². The molecule has 1 aromatic heterocycles. The van der Waals surface area contributed by atoms with Crippen molar-refractivity contribution in [3.63, 3.8) is 0 Å². The fraction of sp³-hybridized carbons (Fsp3) is 0.500. The van der Waals surface area contributed by atoms with Crippen LogP contribution in [0.4, 0.5) is 0 Å². The first kappa shape index (κ1) is 22.1. The second-order valence-electron chi connectivity index (χ2n) is 6.26. The van der Waals surface area contributed by atoms with Gasteiger partial charge in [-0.3, -0.25) is 0 Å². The van der Waals surface area contributed by atoms with Crippen LogP contribution in [0.15, 0.2) is 33.7 Å². The van der Waals surface area contributed by atoms with Gasteiger partial charge in [0, 0.05) is 30.6 Å². The van der Waals surface area contributed by atoms with Crippen LogP contribution in [0.2, 0.25) is 0 Å². The lowest BCUT2D eigenvalue weighted by Gasteiger charge is -2.25. The molecule has 0 bridgehead atoms. The number of ether oxygens (including phenoxy) is 1. The molecule has 0 spiro atoms. The number of aliphatic imine (C=N–C) groups is 1. The van der Waals surface area contributed by atoms with Crippen molar-refractivity contribution in [2.45, 2.75) is 45.5 Å². The third kappa shape index (κ3) is 6.42. The van der Waals surface area contributed by atoms with E-state index in [-0.39, 0.29) is 30.0 Å². The molecule has 1 unspecified atom stereocenters. The largest absolute Gasteiger partial charge is 0.377 e. The number of aromatic nitrogens is 3. The summed E-state index contributed by atoms with van der Waals surface area (Å²) in [6.07, 6.45) is 1.91. The van der Waals surface area contributed by atoms with Crippen molar-refractivity contribution < 1.29 is 4.74 Å². The number of benzene rings is 1. The molecule has 1 atom stereocenters. The van der Waals surface area contributed by atoms with Crippen LogP contribution in [0.25, 0.3) is 0 Å². The first-order valence-corrected chi connectivity index (χ1v) is 9.68. The van der Waals surface area contributed by atoms with Gasteiger partial charge in [0.25, 0.3) is 0 Å². The summed E-state index contributed by atoms with van der Waals surface area (Å²) in [4.78, 5) is 9.23. The molecule has 2 N–H and O–H groups in total. The van der Waals surface area contributed by atoms with Crippen LogP contribution in [-0.2, 0) is 30.9 Å². The fourth-order valence-corrected chi connectivity index (χ4v) is 3.21. The third-order valence-electron chi connectivity index (χ3n) is 4.19. The minimum absolute atomic E-state index is 0. The summed E-state index contributed by atoms with van der Waals surface area (Å²) in [5.74, 6) is 2.62. The lowest BCUT2D eigenvalue weighted by atomic mass is 10.1. The van der Waals surface area contributed by atoms with E-state index >= 15 is 0 Å². The maximum Gasteiger partial charge on any atom is 0.191 e. The van der Waals surface area contributed by atoms with Crippen LogP contribution in [0.1, 0.15) is 30.6 Å². The number of fused-ring (bicyclic) bond motifs is 1. The maximum atomic E-state index is 5.12. The monoisotopic (exact) mass is 548 g/mol. The molecule has 148 valence electrons. The van der Waals surface area contributed by atoms with Gasteiger partial charge < -0.3 is 15.4 Å². The van der Waals surface area contributed by atoms with E-state index in [0.29, 0.717) is 13.2 Å². The Morgan fingerprint density at radius 3 is 2.85 bits per heavy atom. The Morgan fingerprint density at radius 1 is 1.37 bits per heavy atom. The Labute approximate surface area is 185 Å². The van der Waals surface area contributed by atoms with Gasteiger partial charge in [-0.25, -0.2) is 14.7 Å². The molecule has 1 aliphatic heterocycles. The minimum atomic E-state index is 0. The van der Waals surface area contributed by atoms with E-state index in [1.54, 1.807) is 7.11 Å². The van der Waals surface area contributed by atoms with Crippen molar-refractivity contribution in [3.05, 3.63) is 46.0 Å². The van der Waals surface area contributed by atoms with Gasteiger partial charge in [-0.1, -0.05) is 28.1 Å². The molecule has 27 heavy (non-hydrogen) atoms. The number of halogens is 2. The minimum Gasteiger partial charge on any atom is -0.377 e.